The number of hydrogen-bond acceptors (Lipinski definition) is 5. The van der Waals surface area contributed by atoms with E-state index >= 15 is 0 Å². The van der Waals surface area contributed by atoms with Crippen LogP contribution in [0.3, 0.4) is 0 Å². The number of ether oxygens (including phenoxy) is 2. The van der Waals surface area contributed by atoms with Crippen molar-refractivity contribution in [1.29, 1.82) is 0 Å². The lowest BCUT2D eigenvalue weighted by Crippen LogP contribution is -2.30. The highest BCUT2D eigenvalue weighted by atomic mass is 19.4. The van der Waals surface area contributed by atoms with Gasteiger partial charge >= 0.3 is 18.4 Å². The molecule has 1 N–H and O–H groups in total. The number of benzene rings is 2. The number of nitrogens with one attached hydrogen (secondary N) is 1. The Bertz CT molecular complexity index is 1190. The molecular weight excluding hydrogens is 496 g/mol. The summed E-state index contributed by atoms with van der Waals surface area (Å²) in [5.41, 5.74) is -2.45. The molecule has 1 heterocycles. The van der Waals surface area contributed by atoms with E-state index in [9.17, 15) is 31.1 Å². The molecule has 1 aliphatic rings. The second-order valence-electron chi connectivity index (χ2n) is 7.40. The SMILES string of the molecule is CCN1C(=O)NC(=Cc2ccc(OCc3ccc(C(F)(F)F)cc3C(F)(F)F)c(OC)c2)C1=NOC. The molecule has 3 rings (SSSR count). The summed E-state index contributed by atoms with van der Waals surface area (Å²) in [7, 11) is 2.64. The van der Waals surface area contributed by atoms with Crippen molar-refractivity contribution in [3.8, 4) is 11.5 Å². The van der Waals surface area contributed by atoms with Crippen molar-refractivity contribution in [2.75, 3.05) is 20.8 Å². The van der Waals surface area contributed by atoms with Gasteiger partial charge in [-0.3, -0.25) is 4.90 Å². The number of urea groups is 1. The van der Waals surface area contributed by atoms with Crippen LogP contribution >= 0.6 is 0 Å². The van der Waals surface area contributed by atoms with Crippen LogP contribution in [0.25, 0.3) is 6.08 Å². The molecule has 0 atom stereocenters. The second kappa shape index (κ2) is 10.4. The summed E-state index contributed by atoms with van der Waals surface area (Å²) in [5, 5.41) is 6.50. The van der Waals surface area contributed by atoms with E-state index in [-0.39, 0.29) is 23.4 Å². The minimum absolute atomic E-state index is 0.0554. The molecular formula is C23H21F6N3O4. The van der Waals surface area contributed by atoms with Gasteiger partial charge in [-0.2, -0.15) is 26.3 Å². The van der Waals surface area contributed by atoms with E-state index in [1.165, 1.54) is 31.3 Å². The summed E-state index contributed by atoms with van der Waals surface area (Å²) in [5.74, 6) is 0.460. The summed E-state index contributed by atoms with van der Waals surface area (Å²) in [4.78, 5) is 18.3. The third-order valence-corrected chi connectivity index (χ3v) is 5.10. The lowest BCUT2D eigenvalue weighted by atomic mass is 10.0. The van der Waals surface area contributed by atoms with Crippen LogP contribution in [-0.4, -0.2) is 37.5 Å². The Morgan fingerprint density at radius 2 is 1.72 bits per heavy atom. The average molecular weight is 517 g/mol. The Morgan fingerprint density at radius 3 is 2.31 bits per heavy atom. The summed E-state index contributed by atoms with van der Waals surface area (Å²) in [6, 6.07) is 5.43. The lowest BCUT2D eigenvalue weighted by molar-refractivity contribution is -0.143. The number of carbonyl (C=O) groups is 1. The van der Waals surface area contributed by atoms with Crippen LogP contribution < -0.4 is 14.8 Å². The van der Waals surface area contributed by atoms with E-state index < -0.39 is 41.7 Å². The highest BCUT2D eigenvalue weighted by molar-refractivity contribution is 6.16. The van der Waals surface area contributed by atoms with Crippen molar-refractivity contribution in [2.24, 2.45) is 5.16 Å². The molecule has 0 spiro atoms. The number of alkyl halides is 6. The topological polar surface area (TPSA) is 72.4 Å². The van der Waals surface area contributed by atoms with Crippen LogP contribution in [0.2, 0.25) is 0 Å². The van der Waals surface area contributed by atoms with Gasteiger partial charge in [0.15, 0.2) is 17.3 Å². The Morgan fingerprint density at radius 1 is 1.00 bits per heavy atom. The molecule has 13 heteroatoms. The van der Waals surface area contributed by atoms with Gasteiger partial charge in [0.1, 0.15) is 13.7 Å². The standard InChI is InChI=1S/C23H21F6N3O4/c1-4-32-20(31-35-3)17(30-21(32)33)9-13-5-8-18(19(10-13)34-2)36-12-14-6-7-15(22(24,25)26)11-16(14)23(27,28)29/h5-11H,4,12H2,1-3H3,(H,30,33). The molecule has 0 aliphatic carbocycles. The van der Waals surface area contributed by atoms with Crippen LogP contribution in [0.15, 0.2) is 47.3 Å². The first-order valence-corrected chi connectivity index (χ1v) is 10.4. The van der Waals surface area contributed by atoms with Gasteiger partial charge in [0, 0.05) is 12.1 Å². The molecule has 0 aromatic heterocycles. The number of carbonyl (C=O) groups excluding carboxylic acids is 1. The van der Waals surface area contributed by atoms with E-state index in [4.69, 9.17) is 14.3 Å². The zero-order chi connectivity index (χ0) is 26.7. The number of likely N-dealkylation sites (N-methyl/N-ethyl adjacent to an activating group) is 1. The molecule has 0 unspecified atom stereocenters. The Balaban J connectivity index is 1.87. The molecule has 2 amide bonds. The lowest BCUT2D eigenvalue weighted by Gasteiger charge is -2.17. The number of hydrogen-bond donors (Lipinski definition) is 1. The quantitative estimate of drug-likeness (QED) is 0.380. The van der Waals surface area contributed by atoms with E-state index in [2.05, 4.69) is 10.5 Å². The Labute approximate surface area is 201 Å². The van der Waals surface area contributed by atoms with Gasteiger partial charge in [0.05, 0.1) is 23.9 Å². The summed E-state index contributed by atoms with van der Waals surface area (Å²) >= 11 is 0. The molecule has 0 saturated carbocycles. The van der Waals surface area contributed by atoms with Crippen molar-refractivity contribution in [1.82, 2.24) is 10.2 Å². The van der Waals surface area contributed by atoms with E-state index in [1.807, 2.05) is 0 Å². The molecule has 0 radical (unpaired) electrons. The van der Waals surface area contributed by atoms with Crippen molar-refractivity contribution in [2.45, 2.75) is 25.9 Å². The van der Waals surface area contributed by atoms with E-state index in [0.29, 0.717) is 23.9 Å². The van der Waals surface area contributed by atoms with Gasteiger partial charge in [0.25, 0.3) is 0 Å². The van der Waals surface area contributed by atoms with E-state index in [1.54, 1.807) is 19.1 Å². The maximum absolute atomic E-state index is 13.4. The molecule has 2 aromatic carbocycles. The molecule has 1 fully saturated rings. The molecule has 194 valence electrons. The number of amidine groups is 1. The maximum Gasteiger partial charge on any atom is 0.416 e. The third-order valence-electron chi connectivity index (χ3n) is 5.10. The second-order valence-corrected chi connectivity index (χ2v) is 7.40. The fourth-order valence-electron chi connectivity index (χ4n) is 3.42. The number of oxime groups is 1. The van der Waals surface area contributed by atoms with Gasteiger partial charge in [-0.1, -0.05) is 17.3 Å². The van der Waals surface area contributed by atoms with Gasteiger partial charge in [0.2, 0.25) is 0 Å². The van der Waals surface area contributed by atoms with Crippen LogP contribution in [0, 0.1) is 0 Å². The first-order valence-electron chi connectivity index (χ1n) is 10.4. The highest BCUT2D eigenvalue weighted by Gasteiger charge is 2.38. The maximum atomic E-state index is 13.4. The highest BCUT2D eigenvalue weighted by Crippen LogP contribution is 2.38. The third kappa shape index (κ3) is 5.83. The minimum atomic E-state index is -5.01. The first kappa shape index (κ1) is 26.7. The van der Waals surface area contributed by atoms with Crippen molar-refractivity contribution >= 4 is 17.9 Å². The molecule has 1 aliphatic heterocycles. The number of rotatable bonds is 7. The zero-order valence-corrected chi connectivity index (χ0v) is 19.3. The van der Waals surface area contributed by atoms with Crippen LogP contribution in [-0.2, 0) is 23.8 Å². The van der Waals surface area contributed by atoms with Gasteiger partial charge < -0.3 is 19.6 Å². The monoisotopic (exact) mass is 517 g/mol. The van der Waals surface area contributed by atoms with Crippen molar-refractivity contribution < 1.29 is 45.4 Å². The summed E-state index contributed by atoms with van der Waals surface area (Å²) in [6.45, 7) is 1.44. The van der Waals surface area contributed by atoms with Crippen LogP contribution in [0.4, 0.5) is 31.1 Å². The number of methoxy groups -OCH3 is 1. The van der Waals surface area contributed by atoms with Gasteiger partial charge in [-0.05, 0) is 42.8 Å². The average Bonchev–Trinajstić information content (AvgIpc) is 3.10. The molecule has 1 saturated heterocycles. The normalized spacial score (nSPS) is 16.5. The minimum Gasteiger partial charge on any atom is -0.493 e. The van der Waals surface area contributed by atoms with Crippen molar-refractivity contribution in [3.63, 3.8) is 0 Å². The molecule has 7 nitrogen and oxygen atoms in total. The Hall–Kier alpha value is -3.90. The number of halogens is 6. The van der Waals surface area contributed by atoms with E-state index in [0.717, 1.165) is 6.07 Å². The predicted octanol–water partition coefficient (Wildman–Crippen LogP) is 5.66. The van der Waals surface area contributed by atoms with Crippen LogP contribution in [0.1, 0.15) is 29.2 Å². The molecule has 2 aromatic rings. The molecule has 0 bridgehead atoms. The first-order chi connectivity index (χ1) is 16.9. The smallest absolute Gasteiger partial charge is 0.416 e. The van der Waals surface area contributed by atoms with Crippen molar-refractivity contribution in [3.05, 3.63) is 64.3 Å². The largest absolute Gasteiger partial charge is 0.493 e. The fourth-order valence-corrected chi connectivity index (χ4v) is 3.42. The molecule has 36 heavy (non-hydrogen) atoms. The summed E-state index contributed by atoms with van der Waals surface area (Å²) < 4.78 is 89.6. The zero-order valence-electron chi connectivity index (χ0n) is 19.3. The summed E-state index contributed by atoms with van der Waals surface area (Å²) in [6.07, 6.45) is -8.36. The number of nitrogens with zero attached hydrogens (tertiary/aromatic N) is 2. The number of amides is 2. The fraction of sp³-hybridized carbons (Fsp3) is 0.304. The van der Waals surface area contributed by atoms with Gasteiger partial charge in [-0.25, -0.2) is 4.79 Å². The van der Waals surface area contributed by atoms with Gasteiger partial charge in [-0.15, -0.1) is 0 Å². The van der Waals surface area contributed by atoms with Crippen LogP contribution in [0.5, 0.6) is 11.5 Å². The predicted molar refractivity (Wildman–Crippen MR) is 117 cm³/mol. The Kier molecular flexibility index (Phi) is 7.70.